The first-order valence-corrected chi connectivity index (χ1v) is 7.69. The van der Waals surface area contributed by atoms with Crippen LogP contribution in [0.3, 0.4) is 0 Å². The lowest BCUT2D eigenvalue weighted by Crippen LogP contribution is -2.34. The summed E-state index contributed by atoms with van der Waals surface area (Å²) in [5.74, 6) is 1.02. The Bertz CT molecular complexity index is 684. The number of oxazole rings is 1. The van der Waals surface area contributed by atoms with Gasteiger partial charge in [-0.15, -0.1) is 0 Å². The molecule has 1 N–H and O–H groups in total. The Kier molecular flexibility index (Phi) is 4.18. The van der Waals surface area contributed by atoms with Crippen molar-refractivity contribution in [2.24, 2.45) is 5.92 Å². The molecular formula is C16H21N3O3. The van der Waals surface area contributed by atoms with Gasteiger partial charge in [-0.05, 0) is 44.2 Å². The van der Waals surface area contributed by atoms with Crippen LogP contribution < -0.4 is 10.7 Å². The molecule has 0 atom stereocenters. The third kappa shape index (κ3) is 3.16. The van der Waals surface area contributed by atoms with Crippen molar-refractivity contribution in [1.82, 2.24) is 9.55 Å². The zero-order valence-corrected chi connectivity index (χ0v) is 12.7. The SMILES string of the molecule is Cc1cccc(N2CCC(CCn3c(O)coc3=O)CC2)n1. The van der Waals surface area contributed by atoms with Gasteiger partial charge in [0, 0.05) is 25.3 Å². The van der Waals surface area contributed by atoms with Crippen molar-refractivity contribution in [1.29, 1.82) is 0 Å². The van der Waals surface area contributed by atoms with Crippen LogP contribution in [-0.4, -0.2) is 27.7 Å². The van der Waals surface area contributed by atoms with Crippen molar-refractivity contribution in [3.8, 4) is 5.88 Å². The second-order valence-electron chi connectivity index (χ2n) is 5.87. The van der Waals surface area contributed by atoms with Gasteiger partial charge in [0.25, 0.3) is 0 Å². The number of aromatic nitrogens is 2. The Morgan fingerprint density at radius 2 is 2.14 bits per heavy atom. The maximum absolute atomic E-state index is 11.4. The topological polar surface area (TPSA) is 71.5 Å². The van der Waals surface area contributed by atoms with E-state index in [-0.39, 0.29) is 5.88 Å². The van der Waals surface area contributed by atoms with Crippen LogP contribution >= 0.6 is 0 Å². The van der Waals surface area contributed by atoms with Crippen molar-refractivity contribution < 1.29 is 9.52 Å². The molecule has 22 heavy (non-hydrogen) atoms. The van der Waals surface area contributed by atoms with Crippen molar-refractivity contribution in [2.45, 2.75) is 32.7 Å². The quantitative estimate of drug-likeness (QED) is 0.937. The van der Waals surface area contributed by atoms with E-state index in [0.29, 0.717) is 12.5 Å². The number of anilines is 1. The van der Waals surface area contributed by atoms with Crippen LogP contribution in [-0.2, 0) is 6.54 Å². The third-order valence-corrected chi connectivity index (χ3v) is 4.34. The predicted octanol–water partition coefficient (Wildman–Crippen LogP) is 2.16. The van der Waals surface area contributed by atoms with Crippen LogP contribution in [0, 0.1) is 12.8 Å². The van der Waals surface area contributed by atoms with Crippen LogP contribution in [0.2, 0.25) is 0 Å². The highest BCUT2D eigenvalue weighted by molar-refractivity contribution is 5.39. The van der Waals surface area contributed by atoms with E-state index in [1.54, 1.807) is 0 Å². The molecular weight excluding hydrogens is 282 g/mol. The van der Waals surface area contributed by atoms with Crippen molar-refractivity contribution >= 4 is 5.82 Å². The summed E-state index contributed by atoms with van der Waals surface area (Å²) >= 11 is 0. The maximum Gasteiger partial charge on any atom is 0.421 e. The zero-order chi connectivity index (χ0) is 15.5. The molecule has 0 bridgehead atoms. The first kappa shape index (κ1) is 14.7. The van der Waals surface area contributed by atoms with E-state index in [1.807, 2.05) is 19.1 Å². The number of nitrogens with zero attached hydrogens (tertiary/aromatic N) is 3. The largest absolute Gasteiger partial charge is 0.492 e. The van der Waals surface area contributed by atoms with Gasteiger partial charge in [-0.3, -0.25) is 0 Å². The highest BCUT2D eigenvalue weighted by Gasteiger charge is 2.20. The fourth-order valence-electron chi connectivity index (χ4n) is 3.00. The van der Waals surface area contributed by atoms with Gasteiger partial charge in [0.2, 0.25) is 5.88 Å². The molecule has 3 rings (SSSR count). The zero-order valence-electron chi connectivity index (χ0n) is 12.7. The van der Waals surface area contributed by atoms with Gasteiger partial charge in [0.15, 0.2) is 6.26 Å². The number of aryl methyl sites for hydroxylation is 1. The number of rotatable bonds is 4. The fourth-order valence-corrected chi connectivity index (χ4v) is 3.00. The van der Waals surface area contributed by atoms with Gasteiger partial charge in [0.05, 0.1) is 0 Å². The fraction of sp³-hybridized carbons (Fsp3) is 0.500. The summed E-state index contributed by atoms with van der Waals surface area (Å²) in [6, 6.07) is 6.10. The van der Waals surface area contributed by atoms with E-state index in [1.165, 1.54) is 4.57 Å². The monoisotopic (exact) mass is 303 g/mol. The van der Waals surface area contributed by atoms with Crippen LogP contribution in [0.15, 0.2) is 33.7 Å². The Hall–Kier alpha value is -2.24. The molecule has 2 aromatic rings. The molecule has 1 fully saturated rings. The number of pyridine rings is 1. The molecule has 0 amide bonds. The molecule has 0 saturated carbocycles. The molecule has 0 aromatic carbocycles. The van der Waals surface area contributed by atoms with Crippen LogP contribution in [0.4, 0.5) is 5.82 Å². The van der Waals surface area contributed by atoms with E-state index < -0.39 is 5.76 Å². The summed E-state index contributed by atoms with van der Waals surface area (Å²) in [5.41, 5.74) is 1.04. The lowest BCUT2D eigenvalue weighted by atomic mass is 9.93. The second kappa shape index (κ2) is 6.25. The number of hydrogen-bond acceptors (Lipinski definition) is 5. The minimum Gasteiger partial charge on any atom is -0.492 e. The summed E-state index contributed by atoms with van der Waals surface area (Å²) in [6.45, 7) is 4.47. The average molecular weight is 303 g/mol. The molecule has 0 spiro atoms. The molecule has 0 aliphatic carbocycles. The van der Waals surface area contributed by atoms with E-state index in [9.17, 15) is 9.90 Å². The molecule has 1 aliphatic heterocycles. The van der Waals surface area contributed by atoms with E-state index in [2.05, 4.69) is 20.4 Å². The van der Waals surface area contributed by atoms with Crippen LogP contribution in [0.5, 0.6) is 5.88 Å². The maximum atomic E-state index is 11.4. The van der Waals surface area contributed by atoms with E-state index in [4.69, 9.17) is 0 Å². The van der Waals surface area contributed by atoms with Crippen LogP contribution in [0.1, 0.15) is 25.0 Å². The Labute approximate surface area is 129 Å². The minimum atomic E-state index is -0.487. The standard InChI is InChI=1S/C16H21N3O3/c1-12-3-2-4-14(17-12)18-8-5-13(6-9-18)7-10-19-15(20)11-22-16(19)21/h2-4,11,13,20H,5-10H2,1H3. The van der Waals surface area contributed by atoms with E-state index in [0.717, 1.165) is 50.1 Å². The molecule has 2 aromatic heterocycles. The number of piperidine rings is 1. The Balaban J connectivity index is 1.53. The normalized spacial score (nSPS) is 16.1. The first-order chi connectivity index (χ1) is 10.6. The first-order valence-electron chi connectivity index (χ1n) is 7.69. The van der Waals surface area contributed by atoms with Gasteiger partial charge >= 0.3 is 5.76 Å². The van der Waals surface area contributed by atoms with Crippen molar-refractivity contribution in [3.63, 3.8) is 0 Å². The third-order valence-electron chi connectivity index (χ3n) is 4.34. The second-order valence-corrected chi connectivity index (χ2v) is 5.87. The molecule has 0 radical (unpaired) electrons. The van der Waals surface area contributed by atoms with Gasteiger partial charge < -0.3 is 14.4 Å². The molecule has 1 saturated heterocycles. The Morgan fingerprint density at radius 3 is 2.77 bits per heavy atom. The Morgan fingerprint density at radius 1 is 1.36 bits per heavy atom. The highest BCUT2D eigenvalue weighted by atomic mass is 16.4. The summed E-state index contributed by atoms with van der Waals surface area (Å²) in [7, 11) is 0. The van der Waals surface area contributed by atoms with Gasteiger partial charge in [0.1, 0.15) is 5.82 Å². The van der Waals surface area contributed by atoms with Crippen molar-refractivity contribution in [3.05, 3.63) is 40.7 Å². The summed E-state index contributed by atoms with van der Waals surface area (Å²) in [4.78, 5) is 18.3. The summed E-state index contributed by atoms with van der Waals surface area (Å²) in [6.07, 6.45) is 4.11. The lowest BCUT2D eigenvalue weighted by Gasteiger charge is -2.33. The molecule has 0 unspecified atom stereocenters. The summed E-state index contributed by atoms with van der Waals surface area (Å²) < 4.78 is 5.95. The number of aromatic hydroxyl groups is 1. The smallest absolute Gasteiger partial charge is 0.421 e. The molecule has 118 valence electrons. The van der Waals surface area contributed by atoms with Gasteiger partial charge in [-0.2, -0.15) is 0 Å². The predicted molar refractivity (Wildman–Crippen MR) is 83.2 cm³/mol. The van der Waals surface area contributed by atoms with Gasteiger partial charge in [-0.25, -0.2) is 14.3 Å². The molecule has 3 heterocycles. The average Bonchev–Trinajstić information content (AvgIpc) is 2.84. The molecule has 1 aliphatic rings. The summed E-state index contributed by atoms with van der Waals surface area (Å²) in [5, 5.41) is 9.53. The van der Waals surface area contributed by atoms with Crippen LogP contribution in [0.25, 0.3) is 0 Å². The molecule has 6 nitrogen and oxygen atoms in total. The number of hydrogen-bond donors (Lipinski definition) is 1. The highest BCUT2D eigenvalue weighted by Crippen LogP contribution is 2.25. The molecule has 6 heteroatoms. The van der Waals surface area contributed by atoms with Gasteiger partial charge in [-0.1, -0.05) is 6.07 Å². The minimum absolute atomic E-state index is 0.0913. The lowest BCUT2D eigenvalue weighted by molar-refractivity contribution is 0.337. The van der Waals surface area contributed by atoms with Crippen molar-refractivity contribution in [2.75, 3.05) is 18.0 Å². The van der Waals surface area contributed by atoms with E-state index >= 15 is 0 Å².